The van der Waals surface area contributed by atoms with E-state index in [-0.39, 0.29) is 11.9 Å². The molecule has 0 bridgehead atoms. The smallest absolute Gasteiger partial charge is 0.274 e. The van der Waals surface area contributed by atoms with Gasteiger partial charge in [0.1, 0.15) is 0 Å². The molecule has 2 heterocycles. The fourth-order valence-corrected chi connectivity index (χ4v) is 2.90. The van der Waals surface area contributed by atoms with Gasteiger partial charge in [-0.15, -0.1) is 0 Å². The number of benzene rings is 1. The molecule has 21 heavy (non-hydrogen) atoms. The van der Waals surface area contributed by atoms with Crippen LogP contribution in [0, 0.1) is 0 Å². The van der Waals surface area contributed by atoms with Crippen molar-refractivity contribution in [2.24, 2.45) is 0 Å². The minimum atomic E-state index is -0.0301. The molecule has 1 saturated heterocycles. The van der Waals surface area contributed by atoms with Crippen LogP contribution in [0.25, 0.3) is 5.69 Å². The first-order valence-corrected chi connectivity index (χ1v) is 7.74. The monoisotopic (exact) mass is 348 g/mol. The van der Waals surface area contributed by atoms with Gasteiger partial charge >= 0.3 is 0 Å². The maximum Gasteiger partial charge on any atom is 0.274 e. The molecule has 1 aliphatic rings. The van der Waals surface area contributed by atoms with Crippen molar-refractivity contribution < 1.29 is 4.79 Å². The Balaban J connectivity index is 1.79. The lowest BCUT2D eigenvalue weighted by Crippen LogP contribution is -2.38. The van der Waals surface area contributed by atoms with Crippen molar-refractivity contribution in [1.82, 2.24) is 20.0 Å². The Morgan fingerprint density at radius 3 is 3.05 bits per heavy atom. The van der Waals surface area contributed by atoms with Crippen molar-refractivity contribution in [3.05, 3.63) is 46.7 Å². The zero-order valence-corrected chi connectivity index (χ0v) is 13.4. The van der Waals surface area contributed by atoms with E-state index in [2.05, 4.69) is 26.3 Å². The highest BCUT2D eigenvalue weighted by Gasteiger charge is 2.25. The molecule has 0 radical (unpaired) electrons. The van der Waals surface area contributed by atoms with E-state index in [1.807, 2.05) is 37.5 Å². The van der Waals surface area contributed by atoms with Gasteiger partial charge in [0.05, 0.1) is 5.69 Å². The van der Waals surface area contributed by atoms with Gasteiger partial charge in [0.15, 0.2) is 5.69 Å². The van der Waals surface area contributed by atoms with Crippen LogP contribution in [0.1, 0.15) is 16.9 Å². The maximum absolute atomic E-state index is 12.5. The standard InChI is InChI=1S/C15H17BrN4O/c1-19(13-5-7-17-10-13)15(21)14-6-8-20(18-14)12-4-2-3-11(16)9-12/h2-4,6,8-9,13,17H,5,7,10H2,1H3. The Morgan fingerprint density at radius 1 is 1.48 bits per heavy atom. The number of likely N-dealkylation sites (N-methyl/N-ethyl adjacent to an activating group) is 1. The van der Waals surface area contributed by atoms with Gasteiger partial charge < -0.3 is 10.2 Å². The van der Waals surface area contributed by atoms with Crippen molar-refractivity contribution in [3.8, 4) is 5.69 Å². The largest absolute Gasteiger partial charge is 0.336 e. The molecule has 0 spiro atoms. The molecule has 1 atom stereocenters. The average Bonchev–Trinajstić information content (AvgIpc) is 3.17. The first kappa shape index (κ1) is 14.3. The number of nitrogens with one attached hydrogen (secondary N) is 1. The Bertz CT molecular complexity index is 649. The van der Waals surface area contributed by atoms with Gasteiger partial charge in [-0.05, 0) is 37.2 Å². The van der Waals surface area contributed by atoms with Gasteiger partial charge in [-0.1, -0.05) is 22.0 Å². The number of amides is 1. The van der Waals surface area contributed by atoms with E-state index in [0.717, 1.165) is 29.7 Å². The topological polar surface area (TPSA) is 50.2 Å². The summed E-state index contributed by atoms with van der Waals surface area (Å²) >= 11 is 3.44. The molecule has 1 aromatic heterocycles. The Hall–Kier alpha value is -1.66. The highest BCUT2D eigenvalue weighted by Crippen LogP contribution is 2.16. The molecule has 0 saturated carbocycles. The molecule has 1 aliphatic heterocycles. The predicted molar refractivity (Wildman–Crippen MR) is 84.6 cm³/mol. The fraction of sp³-hybridized carbons (Fsp3) is 0.333. The molecule has 1 aromatic carbocycles. The Morgan fingerprint density at radius 2 is 2.33 bits per heavy atom. The second-order valence-electron chi connectivity index (χ2n) is 5.19. The second kappa shape index (κ2) is 5.99. The summed E-state index contributed by atoms with van der Waals surface area (Å²) in [5.41, 5.74) is 1.40. The van der Waals surface area contributed by atoms with Gasteiger partial charge in [0, 0.05) is 30.3 Å². The van der Waals surface area contributed by atoms with Crippen LogP contribution in [0.2, 0.25) is 0 Å². The van der Waals surface area contributed by atoms with Crippen LogP contribution >= 0.6 is 15.9 Å². The van der Waals surface area contributed by atoms with Crippen LogP contribution in [-0.2, 0) is 0 Å². The van der Waals surface area contributed by atoms with E-state index in [9.17, 15) is 4.79 Å². The zero-order valence-electron chi connectivity index (χ0n) is 11.8. The summed E-state index contributed by atoms with van der Waals surface area (Å²) < 4.78 is 2.70. The van der Waals surface area contributed by atoms with Crippen molar-refractivity contribution >= 4 is 21.8 Å². The molecule has 6 heteroatoms. The molecule has 3 rings (SSSR count). The lowest BCUT2D eigenvalue weighted by Gasteiger charge is -2.22. The van der Waals surface area contributed by atoms with Crippen LogP contribution in [0.4, 0.5) is 0 Å². The van der Waals surface area contributed by atoms with Gasteiger partial charge in [0.2, 0.25) is 0 Å². The summed E-state index contributed by atoms with van der Waals surface area (Å²) in [6.07, 6.45) is 2.81. The van der Waals surface area contributed by atoms with E-state index < -0.39 is 0 Å². The van der Waals surface area contributed by atoms with Crippen molar-refractivity contribution in [3.63, 3.8) is 0 Å². The predicted octanol–water partition coefficient (Wildman–Crippen LogP) is 2.07. The number of hydrogen-bond donors (Lipinski definition) is 1. The minimum absolute atomic E-state index is 0.0301. The molecule has 5 nitrogen and oxygen atoms in total. The summed E-state index contributed by atoms with van der Waals surface area (Å²) in [5, 5.41) is 7.67. The van der Waals surface area contributed by atoms with E-state index in [4.69, 9.17) is 0 Å². The summed E-state index contributed by atoms with van der Waals surface area (Å²) in [5.74, 6) is -0.0301. The number of carbonyl (C=O) groups excluding carboxylic acids is 1. The highest BCUT2D eigenvalue weighted by molar-refractivity contribution is 9.10. The minimum Gasteiger partial charge on any atom is -0.336 e. The first-order valence-electron chi connectivity index (χ1n) is 6.94. The summed E-state index contributed by atoms with van der Waals surface area (Å²) in [4.78, 5) is 14.2. The third-order valence-corrected chi connectivity index (χ3v) is 4.28. The van der Waals surface area contributed by atoms with Crippen LogP contribution in [0.15, 0.2) is 41.0 Å². The van der Waals surface area contributed by atoms with Crippen LogP contribution in [0.3, 0.4) is 0 Å². The fourth-order valence-electron chi connectivity index (χ4n) is 2.52. The number of rotatable bonds is 3. The van der Waals surface area contributed by atoms with Crippen molar-refractivity contribution in [2.75, 3.05) is 20.1 Å². The normalized spacial score (nSPS) is 17.9. The Kier molecular flexibility index (Phi) is 4.07. The molecule has 0 aliphatic carbocycles. The molecule has 2 aromatic rings. The van der Waals surface area contributed by atoms with E-state index in [1.165, 1.54) is 0 Å². The molecule has 110 valence electrons. The van der Waals surface area contributed by atoms with Gasteiger partial charge in [-0.25, -0.2) is 4.68 Å². The quantitative estimate of drug-likeness (QED) is 0.923. The van der Waals surface area contributed by atoms with Crippen molar-refractivity contribution in [2.45, 2.75) is 12.5 Å². The Labute approximate surface area is 132 Å². The highest BCUT2D eigenvalue weighted by atomic mass is 79.9. The number of halogens is 1. The third kappa shape index (κ3) is 3.01. The van der Waals surface area contributed by atoms with Crippen LogP contribution in [0.5, 0.6) is 0 Å². The third-order valence-electron chi connectivity index (χ3n) is 3.78. The molecule has 1 unspecified atom stereocenters. The molecular weight excluding hydrogens is 332 g/mol. The number of hydrogen-bond acceptors (Lipinski definition) is 3. The van der Waals surface area contributed by atoms with Gasteiger partial charge in [-0.3, -0.25) is 4.79 Å². The average molecular weight is 349 g/mol. The van der Waals surface area contributed by atoms with Crippen molar-refractivity contribution in [1.29, 1.82) is 0 Å². The lowest BCUT2D eigenvalue weighted by molar-refractivity contribution is 0.0737. The summed E-state index contributed by atoms with van der Waals surface area (Å²) in [7, 11) is 1.85. The first-order chi connectivity index (χ1) is 10.1. The zero-order chi connectivity index (χ0) is 14.8. The number of aromatic nitrogens is 2. The lowest BCUT2D eigenvalue weighted by atomic mass is 10.2. The molecule has 1 amide bonds. The summed E-state index contributed by atoms with van der Waals surface area (Å²) in [6.45, 7) is 1.82. The van der Waals surface area contributed by atoms with E-state index in [0.29, 0.717) is 5.69 Å². The van der Waals surface area contributed by atoms with Gasteiger partial charge in [-0.2, -0.15) is 5.10 Å². The van der Waals surface area contributed by atoms with E-state index >= 15 is 0 Å². The van der Waals surface area contributed by atoms with Crippen LogP contribution in [-0.4, -0.2) is 46.8 Å². The molecule has 1 fully saturated rings. The second-order valence-corrected chi connectivity index (χ2v) is 6.10. The number of nitrogens with zero attached hydrogens (tertiary/aromatic N) is 3. The number of carbonyl (C=O) groups is 1. The SMILES string of the molecule is CN(C(=O)c1ccn(-c2cccc(Br)c2)n1)C1CCNC1. The molecular formula is C15H17BrN4O. The van der Waals surface area contributed by atoms with E-state index in [1.54, 1.807) is 15.6 Å². The van der Waals surface area contributed by atoms with Crippen LogP contribution < -0.4 is 5.32 Å². The molecule has 1 N–H and O–H groups in total. The van der Waals surface area contributed by atoms with Gasteiger partial charge in [0.25, 0.3) is 5.91 Å². The summed E-state index contributed by atoms with van der Waals surface area (Å²) in [6, 6.07) is 9.84. The maximum atomic E-state index is 12.5.